The number of hydrogen-bond acceptors (Lipinski definition) is 5. The lowest BCUT2D eigenvalue weighted by Crippen LogP contribution is -2.51. The van der Waals surface area contributed by atoms with Crippen LogP contribution in [0.2, 0.25) is 0 Å². The molecule has 0 bridgehead atoms. The van der Waals surface area contributed by atoms with Crippen LogP contribution in [0.1, 0.15) is 41.5 Å². The second-order valence-corrected chi connectivity index (χ2v) is 9.05. The molecule has 27 heavy (non-hydrogen) atoms. The number of unbranched alkanes of at least 4 members (excludes halogenated alkanes) is 1. The molecule has 7 nitrogen and oxygen atoms in total. The van der Waals surface area contributed by atoms with Crippen LogP contribution in [0, 0.1) is 13.8 Å². The second kappa shape index (κ2) is 7.90. The molecular weight excluding hydrogens is 364 g/mol. The van der Waals surface area contributed by atoms with E-state index in [-0.39, 0.29) is 11.7 Å². The lowest BCUT2D eigenvalue weighted by molar-refractivity contribution is 0.0698. The highest BCUT2D eigenvalue weighted by molar-refractivity contribution is 7.89. The monoisotopic (exact) mass is 390 g/mol. The molecule has 146 valence electrons. The molecule has 2 heterocycles. The van der Waals surface area contributed by atoms with Crippen molar-refractivity contribution >= 4 is 27.0 Å². The maximum atomic E-state index is 12.8. The molecule has 1 fully saturated rings. The van der Waals surface area contributed by atoms with Crippen molar-refractivity contribution < 1.29 is 13.2 Å². The molecule has 1 aromatic carbocycles. The van der Waals surface area contributed by atoms with Gasteiger partial charge in [-0.1, -0.05) is 13.3 Å². The third-order valence-corrected chi connectivity index (χ3v) is 6.95. The summed E-state index contributed by atoms with van der Waals surface area (Å²) in [5, 5.41) is 0. The van der Waals surface area contributed by atoms with Gasteiger partial charge in [0.25, 0.3) is 5.91 Å². The highest BCUT2D eigenvalue weighted by Crippen LogP contribution is 2.17. The van der Waals surface area contributed by atoms with Gasteiger partial charge in [-0.05, 0) is 38.5 Å². The molecule has 0 N–H and O–H groups in total. The van der Waals surface area contributed by atoms with Gasteiger partial charge in [0.05, 0.1) is 28.2 Å². The number of carbonyl (C=O) groups excluding carboxylic acids is 1. The van der Waals surface area contributed by atoms with E-state index in [1.165, 1.54) is 4.31 Å². The fraction of sp³-hybridized carbons (Fsp3) is 0.526. The summed E-state index contributed by atoms with van der Waals surface area (Å²) >= 11 is 0. The lowest BCUT2D eigenvalue weighted by atomic mass is 10.1. The summed E-state index contributed by atoms with van der Waals surface area (Å²) in [5.41, 5.74) is 3.74. The average Bonchev–Trinajstić information content (AvgIpc) is 2.66. The Kier molecular flexibility index (Phi) is 5.76. The molecule has 0 aliphatic carbocycles. The summed E-state index contributed by atoms with van der Waals surface area (Å²) in [4.78, 5) is 23.5. The van der Waals surface area contributed by atoms with E-state index in [0.717, 1.165) is 23.3 Å². The van der Waals surface area contributed by atoms with Crippen LogP contribution in [0.25, 0.3) is 11.0 Å². The van der Waals surface area contributed by atoms with E-state index in [1.54, 1.807) is 17.0 Å². The first kappa shape index (κ1) is 19.7. The van der Waals surface area contributed by atoms with Crippen LogP contribution in [-0.4, -0.2) is 65.4 Å². The average molecular weight is 391 g/mol. The van der Waals surface area contributed by atoms with Crippen molar-refractivity contribution in [3.63, 3.8) is 0 Å². The van der Waals surface area contributed by atoms with Crippen molar-refractivity contribution in [2.24, 2.45) is 0 Å². The van der Waals surface area contributed by atoms with Crippen LogP contribution in [0.4, 0.5) is 0 Å². The van der Waals surface area contributed by atoms with Crippen LogP contribution in [0.5, 0.6) is 0 Å². The number of sulfonamides is 1. The van der Waals surface area contributed by atoms with Crippen molar-refractivity contribution in [1.82, 2.24) is 19.2 Å². The van der Waals surface area contributed by atoms with Crippen LogP contribution in [0.3, 0.4) is 0 Å². The van der Waals surface area contributed by atoms with E-state index in [2.05, 4.69) is 9.97 Å². The number of hydrogen-bond donors (Lipinski definition) is 0. The van der Waals surface area contributed by atoms with Gasteiger partial charge in [0.2, 0.25) is 10.0 Å². The molecule has 0 unspecified atom stereocenters. The Morgan fingerprint density at radius 2 is 1.67 bits per heavy atom. The minimum absolute atomic E-state index is 0.0949. The van der Waals surface area contributed by atoms with E-state index in [4.69, 9.17) is 0 Å². The Balaban J connectivity index is 1.71. The maximum absolute atomic E-state index is 12.8. The van der Waals surface area contributed by atoms with Gasteiger partial charge in [-0.25, -0.2) is 18.4 Å². The number of piperazine rings is 1. The van der Waals surface area contributed by atoms with Gasteiger partial charge in [-0.2, -0.15) is 4.31 Å². The Morgan fingerprint density at radius 3 is 2.30 bits per heavy atom. The number of aromatic nitrogens is 2. The van der Waals surface area contributed by atoms with Gasteiger partial charge < -0.3 is 4.90 Å². The molecule has 1 saturated heterocycles. The largest absolute Gasteiger partial charge is 0.336 e. The third kappa shape index (κ3) is 4.27. The first-order valence-electron chi connectivity index (χ1n) is 9.34. The SMILES string of the molecule is CCCCS(=O)(=O)N1CCN(C(=O)c2ccc3nc(C)c(C)nc3c2)CC1. The van der Waals surface area contributed by atoms with Crippen molar-refractivity contribution in [1.29, 1.82) is 0 Å². The van der Waals surface area contributed by atoms with Crippen LogP contribution >= 0.6 is 0 Å². The smallest absolute Gasteiger partial charge is 0.254 e. The molecule has 1 amide bonds. The van der Waals surface area contributed by atoms with E-state index in [1.807, 2.05) is 26.8 Å². The van der Waals surface area contributed by atoms with Crippen LogP contribution in [-0.2, 0) is 10.0 Å². The summed E-state index contributed by atoms with van der Waals surface area (Å²) in [5.74, 6) is 0.0852. The highest BCUT2D eigenvalue weighted by Gasteiger charge is 2.28. The summed E-state index contributed by atoms with van der Waals surface area (Å²) in [6.07, 6.45) is 1.51. The second-order valence-electron chi connectivity index (χ2n) is 6.96. The Hall–Kier alpha value is -2.06. The minimum Gasteiger partial charge on any atom is -0.336 e. The van der Waals surface area contributed by atoms with Gasteiger partial charge in [0, 0.05) is 31.7 Å². The van der Waals surface area contributed by atoms with Gasteiger partial charge in [0.1, 0.15) is 0 Å². The zero-order chi connectivity index (χ0) is 19.6. The quantitative estimate of drug-likeness (QED) is 0.781. The molecule has 2 aromatic rings. The summed E-state index contributed by atoms with van der Waals surface area (Å²) in [6, 6.07) is 5.34. The summed E-state index contributed by atoms with van der Waals surface area (Å²) < 4.78 is 26.1. The summed E-state index contributed by atoms with van der Waals surface area (Å²) in [6.45, 7) is 7.29. The third-order valence-electron chi connectivity index (χ3n) is 5.00. The number of rotatable bonds is 5. The molecule has 1 aliphatic heterocycles. The number of carbonyl (C=O) groups is 1. The summed E-state index contributed by atoms with van der Waals surface area (Å²) in [7, 11) is -3.22. The topological polar surface area (TPSA) is 83.5 Å². The molecule has 0 radical (unpaired) electrons. The number of benzene rings is 1. The van der Waals surface area contributed by atoms with Crippen molar-refractivity contribution in [3.05, 3.63) is 35.2 Å². The fourth-order valence-electron chi connectivity index (χ4n) is 3.17. The van der Waals surface area contributed by atoms with E-state index in [9.17, 15) is 13.2 Å². The zero-order valence-electron chi connectivity index (χ0n) is 16.1. The number of fused-ring (bicyclic) bond motifs is 1. The lowest BCUT2D eigenvalue weighted by Gasteiger charge is -2.34. The van der Waals surface area contributed by atoms with Crippen molar-refractivity contribution in [2.75, 3.05) is 31.9 Å². The first-order chi connectivity index (χ1) is 12.8. The molecule has 3 rings (SSSR count). The Bertz CT molecular complexity index is 951. The van der Waals surface area contributed by atoms with Crippen molar-refractivity contribution in [2.45, 2.75) is 33.6 Å². The predicted octanol–water partition coefficient (Wildman–Crippen LogP) is 2.13. The van der Waals surface area contributed by atoms with E-state index >= 15 is 0 Å². The molecule has 8 heteroatoms. The molecule has 1 aliphatic rings. The normalized spacial score (nSPS) is 16.0. The standard InChI is InChI=1S/C19H26N4O3S/c1-4-5-12-27(25,26)23-10-8-22(9-11-23)19(24)16-6-7-17-18(13-16)21-15(3)14(2)20-17/h6-7,13H,4-5,8-12H2,1-3H3. The van der Waals surface area contributed by atoms with Gasteiger partial charge in [-0.3, -0.25) is 4.79 Å². The van der Waals surface area contributed by atoms with E-state index in [0.29, 0.717) is 43.7 Å². The Morgan fingerprint density at radius 1 is 1.04 bits per heavy atom. The molecule has 1 aromatic heterocycles. The molecule has 0 saturated carbocycles. The molecule has 0 spiro atoms. The number of aryl methyl sites for hydroxylation is 2. The molecule has 0 atom stereocenters. The minimum atomic E-state index is -3.22. The van der Waals surface area contributed by atoms with Crippen LogP contribution in [0.15, 0.2) is 18.2 Å². The van der Waals surface area contributed by atoms with Gasteiger partial charge in [-0.15, -0.1) is 0 Å². The fourth-order valence-corrected chi connectivity index (χ4v) is 4.80. The Labute approximate surface area is 160 Å². The van der Waals surface area contributed by atoms with Crippen molar-refractivity contribution in [3.8, 4) is 0 Å². The maximum Gasteiger partial charge on any atom is 0.254 e. The molecular formula is C19H26N4O3S. The van der Waals surface area contributed by atoms with Gasteiger partial charge >= 0.3 is 0 Å². The highest BCUT2D eigenvalue weighted by atomic mass is 32.2. The number of amides is 1. The van der Waals surface area contributed by atoms with Gasteiger partial charge in [0.15, 0.2) is 0 Å². The number of nitrogens with zero attached hydrogens (tertiary/aromatic N) is 4. The first-order valence-corrected chi connectivity index (χ1v) is 10.9. The zero-order valence-corrected chi connectivity index (χ0v) is 16.9. The van der Waals surface area contributed by atoms with Crippen LogP contribution < -0.4 is 0 Å². The predicted molar refractivity (Wildman–Crippen MR) is 105 cm³/mol. The van der Waals surface area contributed by atoms with E-state index < -0.39 is 10.0 Å².